The molecule has 6 nitrogen and oxygen atoms in total. The molecule has 0 atom stereocenters. The van der Waals surface area contributed by atoms with Crippen LogP contribution in [0.3, 0.4) is 0 Å². The summed E-state index contributed by atoms with van der Waals surface area (Å²) in [5, 5.41) is 10.3. The fourth-order valence-corrected chi connectivity index (χ4v) is 1.68. The van der Waals surface area contributed by atoms with Gasteiger partial charge in [0.2, 0.25) is 0 Å². The summed E-state index contributed by atoms with van der Waals surface area (Å²) in [6.07, 6.45) is 1.69. The molecule has 0 saturated carbocycles. The minimum absolute atomic E-state index is 0.472. The highest BCUT2D eigenvalue weighted by molar-refractivity contribution is 5.60. The zero-order chi connectivity index (χ0) is 14.4. The number of pyridine rings is 2. The average molecular weight is 270 g/mol. The van der Waals surface area contributed by atoms with Gasteiger partial charge in [0.05, 0.1) is 17.1 Å². The Bertz CT molecular complexity index is 592. The third-order valence-corrected chi connectivity index (χ3v) is 2.79. The van der Waals surface area contributed by atoms with Crippen molar-refractivity contribution in [3.63, 3.8) is 0 Å². The van der Waals surface area contributed by atoms with Gasteiger partial charge in [-0.3, -0.25) is 9.99 Å². The van der Waals surface area contributed by atoms with Gasteiger partial charge >= 0.3 is 0 Å². The smallest absolute Gasteiger partial charge is 0.124 e. The van der Waals surface area contributed by atoms with Crippen LogP contribution in [0.5, 0.6) is 0 Å². The molecule has 0 unspecified atom stereocenters. The highest BCUT2D eigenvalue weighted by Gasteiger charge is 2.02. The predicted octanol–water partition coefficient (Wildman–Crippen LogP) is 3.07. The van der Waals surface area contributed by atoms with E-state index in [9.17, 15) is 0 Å². The van der Waals surface area contributed by atoms with Gasteiger partial charge in [0.25, 0.3) is 0 Å². The maximum absolute atomic E-state index is 5.68. The lowest BCUT2D eigenvalue weighted by Gasteiger charge is -2.11. The van der Waals surface area contributed by atoms with Gasteiger partial charge in [-0.05, 0) is 38.1 Å². The van der Waals surface area contributed by atoms with Crippen LogP contribution in [0.4, 0.5) is 11.5 Å². The molecule has 0 bridgehead atoms. The zero-order valence-electron chi connectivity index (χ0n) is 11.7. The van der Waals surface area contributed by atoms with E-state index in [0.29, 0.717) is 5.82 Å². The van der Waals surface area contributed by atoms with Crippen molar-refractivity contribution in [2.45, 2.75) is 13.8 Å². The monoisotopic (exact) mass is 270 g/mol. The summed E-state index contributed by atoms with van der Waals surface area (Å²) in [4.78, 5) is 8.53. The Morgan fingerprint density at radius 3 is 2.65 bits per heavy atom. The molecule has 0 amide bonds. The molecule has 0 saturated heterocycles. The number of nitrogens with two attached hydrogens (primary N) is 1. The summed E-state index contributed by atoms with van der Waals surface area (Å²) in [7, 11) is 0. The third kappa shape index (κ3) is 3.50. The van der Waals surface area contributed by atoms with Gasteiger partial charge in [-0.1, -0.05) is 11.3 Å². The minimum atomic E-state index is 0.472. The molecule has 0 fully saturated rings. The van der Waals surface area contributed by atoms with Gasteiger partial charge in [-0.2, -0.15) is 0 Å². The molecule has 0 aliphatic carbocycles. The van der Waals surface area contributed by atoms with Gasteiger partial charge < -0.3 is 5.73 Å². The van der Waals surface area contributed by atoms with Crippen LogP contribution in [0.25, 0.3) is 11.4 Å². The minimum Gasteiger partial charge on any atom is -0.384 e. The van der Waals surface area contributed by atoms with Crippen molar-refractivity contribution < 1.29 is 0 Å². The van der Waals surface area contributed by atoms with E-state index in [1.807, 2.05) is 43.1 Å². The first-order valence-electron chi connectivity index (χ1n) is 6.58. The first-order chi connectivity index (χ1) is 9.72. The molecule has 2 N–H and O–H groups in total. The summed E-state index contributed by atoms with van der Waals surface area (Å²) in [5.74, 6) is 0.472. The molecule has 104 valence electrons. The zero-order valence-corrected chi connectivity index (χ0v) is 11.7. The second kappa shape index (κ2) is 6.60. The van der Waals surface area contributed by atoms with E-state index in [4.69, 9.17) is 5.73 Å². The van der Waals surface area contributed by atoms with Crippen LogP contribution in [0.2, 0.25) is 0 Å². The fraction of sp³-hybridized carbons (Fsp3) is 0.286. The van der Waals surface area contributed by atoms with E-state index in [-0.39, 0.29) is 0 Å². The number of rotatable bonds is 5. The Morgan fingerprint density at radius 1 is 1.15 bits per heavy atom. The molecule has 0 spiro atoms. The number of nitrogens with zero attached hydrogens (tertiary/aromatic N) is 5. The van der Waals surface area contributed by atoms with Crippen LogP contribution in [-0.2, 0) is 0 Å². The second-order valence-corrected chi connectivity index (χ2v) is 4.18. The molecule has 2 aromatic heterocycles. The molecular weight excluding hydrogens is 252 g/mol. The number of hydrogen-bond donors (Lipinski definition) is 1. The second-order valence-electron chi connectivity index (χ2n) is 4.18. The number of hydrogen-bond acceptors (Lipinski definition) is 5. The van der Waals surface area contributed by atoms with Crippen LogP contribution in [0, 0.1) is 0 Å². The Morgan fingerprint density at radius 2 is 1.95 bits per heavy atom. The van der Waals surface area contributed by atoms with Crippen molar-refractivity contribution in [1.29, 1.82) is 0 Å². The van der Waals surface area contributed by atoms with Crippen molar-refractivity contribution in [3.8, 4) is 11.4 Å². The summed E-state index contributed by atoms with van der Waals surface area (Å²) in [6, 6.07) is 9.11. The number of nitrogen functional groups attached to an aromatic ring is 1. The fourth-order valence-electron chi connectivity index (χ4n) is 1.68. The molecule has 20 heavy (non-hydrogen) atoms. The summed E-state index contributed by atoms with van der Waals surface area (Å²) >= 11 is 0. The van der Waals surface area contributed by atoms with Crippen molar-refractivity contribution in [2.24, 2.45) is 10.3 Å². The normalized spacial score (nSPS) is 10.9. The quantitative estimate of drug-likeness (QED) is 0.669. The van der Waals surface area contributed by atoms with E-state index in [1.165, 1.54) is 0 Å². The van der Waals surface area contributed by atoms with Gasteiger partial charge in [0.15, 0.2) is 0 Å². The third-order valence-electron chi connectivity index (χ3n) is 2.79. The van der Waals surface area contributed by atoms with E-state index in [0.717, 1.165) is 30.2 Å². The molecule has 2 heterocycles. The molecule has 6 heteroatoms. The lowest BCUT2D eigenvalue weighted by molar-refractivity contribution is 0.301. The first-order valence-corrected chi connectivity index (χ1v) is 6.58. The molecule has 0 radical (unpaired) electrons. The van der Waals surface area contributed by atoms with Gasteiger partial charge in [0, 0.05) is 19.3 Å². The lowest BCUT2D eigenvalue weighted by Crippen LogP contribution is -2.14. The van der Waals surface area contributed by atoms with Crippen LogP contribution in [-0.4, -0.2) is 28.1 Å². The number of anilines is 1. The summed E-state index contributed by atoms with van der Waals surface area (Å²) in [6.45, 7) is 5.73. The van der Waals surface area contributed by atoms with Gasteiger partial charge in [0.1, 0.15) is 5.82 Å². The van der Waals surface area contributed by atoms with Crippen LogP contribution < -0.4 is 5.73 Å². The van der Waals surface area contributed by atoms with Crippen molar-refractivity contribution in [1.82, 2.24) is 15.0 Å². The Hall–Kier alpha value is -2.50. The molecule has 2 rings (SSSR count). The SMILES string of the molecule is CCN(CC)N=Nc1ccnc(-c2cccc(N)n2)c1. The van der Waals surface area contributed by atoms with Gasteiger partial charge in [-0.25, -0.2) is 4.98 Å². The summed E-state index contributed by atoms with van der Waals surface area (Å²) < 4.78 is 0. The summed E-state index contributed by atoms with van der Waals surface area (Å²) in [5.41, 5.74) is 7.88. The molecule has 0 aliphatic rings. The lowest BCUT2D eigenvalue weighted by atomic mass is 10.2. The number of aromatic nitrogens is 2. The topological polar surface area (TPSA) is 79.8 Å². The van der Waals surface area contributed by atoms with E-state index < -0.39 is 0 Å². The van der Waals surface area contributed by atoms with E-state index in [2.05, 4.69) is 20.3 Å². The predicted molar refractivity (Wildman–Crippen MR) is 79.3 cm³/mol. The highest BCUT2D eigenvalue weighted by Crippen LogP contribution is 2.21. The Labute approximate surface area is 118 Å². The average Bonchev–Trinajstić information content (AvgIpc) is 2.49. The van der Waals surface area contributed by atoms with Crippen molar-refractivity contribution in [2.75, 3.05) is 18.8 Å². The Kier molecular flexibility index (Phi) is 4.60. The molecular formula is C14H18N6. The first kappa shape index (κ1) is 13.9. The van der Waals surface area contributed by atoms with Crippen LogP contribution >= 0.6 is 0 Å². The van der Waals surface area contributed by atoms with E-state index >= 15 is 0 Å². The molecule has 0 aliphatic heterocycles. The van der Waals surface area contributed by atoms with Crippen LogP contribution in [0.15, 0.2) is 46.9 Å². The molecule has 2 aromatic rings. The van der Waals surface area contributed by atoms with Crippen molar-refractivity contribution in [3.05, 3.63) is 36.5 Å². The Balaban J connectivity index is 2.24. The van der Waals surface area contributed by atoms with Crippen molar-refractivity contribution >= 4 is 11.5 Å². The largest absolute Gasteiger partial charge is 0.384 e. The standard InChI is InChI=1S/C14H18N6/c1-3-20(4-2)19-18-11-8-9-16-13(10-11)12-6-5-7-14(15)17-12/h5-10H,3-4H2,1-2H3,(H2,15,17). The maximum atomic E-state index is 5.68. The maximum Gasteiger partial charge on any atom is 0.124 e. The highest BCUT2D eigenvalue weighted by atomic mass is 15.5. The van der Waals surface area contributed by atoms with Gasteiger partial charge in [-0.15, -0.1) is 5.11 Å². The van der Waals surface area contributed by atoms with E-state index in [1.54, 1.807) is 12.3 Å². The van der Waals surface area contributed by atoms with Crippen LogP contribution in [0.1, 0.15) is 13.8 Å². The molecule has 0 aromatic carbocycles.